The summed E-state index contributed by atoms with van der Waals surface area (Å²) >= 11 is 1.91. The number of H-pyrrole nitrogens is 1. The topological polar surface area (TPSA) is 146 Å². The third kappa shape index (κ3) is 9.22. The summed E-state index contributed by atoms with van der Waals surface area (Å²) in [6, 6.07) is 7.38. The quantitative estimate of drug-likeness (QED) is 0.110. The fourth-order valence-corrected chi connectivity index (χ4v) is 9.15. The lowest BCUT2D eigenvalue weighted by atomic mass is 9.89. The number of urea groups is 1. The lowest BCUT2D eigenvalue weighted by molar-refractivity contribution is -0.121. The Labute approximate surface area is 282 Å². The molecule has 6 N–H and O–H groups in total. The number of ether oxygens (including phenoxy) is 2. The average Bonchev–Trinajstić information content (AvgIpc) is 3.76. The van der Waals surface area contributed by atoms with Crippen LogP contribution in [0.15, 0.2) is 18.2 Å². The van der Waals surface area contributed by atoms with Gasteiger partial charge in [0.1, 0.15) is 0 Å². The molecular weight excluding hydrogens is 616 g/mol. The molecule has 4 amide bonds. The maximum Gasteiger partial charge on any atom is 0.315 e. The van der Waals surface area contributed by atoms with Crippen LogP contribution in [0.5, 0.6) is 0 Å². The van der Waals surface area contributed by atoms with Crippen LogP contribution in [-0.2, 0) is 20.7 Å². The van der Waals surface area contributed by atoms with E-state index in [1.807, 2.05) is 30.0 Å². The van der Waals surface area contributed by atoms with E-state index in [0.717, 1.165) is 43.4 Å². The van der Waals surface area contributed by atoms with E-state index in [2.05, 4.69) is 31.6 Å². The first-order chi connectivity index (χ1) is 23.0. The van der Waals surface area contributed by atoms with Gasteiger partial charge >= 0.3 is 6.03 Å². The zero-order valence-corrected chi connectivity index (χ0v) is 28.3. The van der Waals surface area contributed by atoms with E-state index in [1.54, 1.807) is 0 Å². The number of rotatable bonds is 17. The van der Waals surface area contributed by atoms with E-state index in [1.165, 1.54) is 55.2 Å². The first-order valence-electron chi connectivity index (χ1n) is 17.8. The molecule has 0 spiro atoms. The molecule has 3 heterocycles. The maximum atomic E-state index is 12.9. The number of carbonyl (C=O) groups is 3. The second-order valence-electron chi connectivity index (χ2n) is 13.4. The van der Waals surface area contributed by atoms with E-state index in [9.17, 15) is 14.4 Å². The van der Waals surface area contributed by atoms with E-state index in [4.69, 9.17) is 9.47 Å². The van der Waals surface area contributed by atoms with E-state index < -0.39 is 0 Å². The Morgan fingerprint density at radius 3 is 2.55 bits per heavy atom. The molecule has 3 fully saturated rings. The minimum absolute atomic E-state index is 0.0415. The number of hydrogen-bond acceptors (Lipinski definition) is 7. The van der Waals surface area contributed by atoms with Gasteiger partial charge in [0.25, 0.3) is 5.91 Å². The largest absolute Gasteiger partial charge is 0.377 e. The van der Waals surface area contributed by atoms with Crippen LogP contribution in [0.1, 0.15) is 98.3 Å². The number of unbranched alkanes of at least 4 members (excludes halogenated alkanes) is 1. The third-order valence-electron chi connectivity index (χ3n) is 10.1. The van der Waals surface area contributed by atoms with Crippen molar-refractivity contribution in [3.05, 3.63) is 35.0 Å². The zero-order chi connectivity index (χ0) is 32.4. The van der Waals surface area contributed by atoms with Crippen molar-refractivity contribution in [2.75, 3.05) is 45.3 Å². The van der Waals surface area contributed by atoms with Gasteiger partial charge in [-0.1, -0.05) is 25.7 Å². The number of hydrogen-bond donors (Lipinski definition) is 6. The standard InChI is InChI=1S/C35H52N6O5S/c42-31(12-5-4-11-30-33-29(22-47-30)40-35(44)41-33)36-15-17-45-19-20-46-18-16-37-34(43)23-13-14-27-26(21-23)25-9-6-10-28(32(25)39-27)38-24-7-2-1-3-8-24/h13-14,21,24,28-30,33,38-39H,1-12,15-20,22H2,(H,36,42)(H,37,43)(H2,40,41,44)/t28?,29-,30-,33-/m1/s1. The van der Waals surface area contributed by atoms with Gasteiger partial charge in [0.05, 0.1) is 38.5 Å². The van der Waals surface area contributed by atoms with Crippen LogP contribution in [0.3, 0.4) is 0 Å². The Kier molecular flexibility index (Phi) is 12.4. The molecule has 1 aromatic carbocycles. The van der Waals surface area contributed by atoms with Gasteiger partial charge < -0.3 is 41.0 Å². The highest BCUT2D eigenvalue weighted by Gasteiger charge is 2.42. The number of amides is 4. The van der Waals surface area contributed by atoms with Gasteiger partial charge in [0, 0.05) is 64.8 Å². The van der Waals surface area contributed by atoms with Crippen LogP contribution in [0.25, 0.3) is 10.9 Å². The van der Waals surface area contributed by atoms with Crippen LogP contribution in [0.2, 0.25) is 0 Å². The molecule has 258 valence electrons. The van der Waals surface area contributed by atoms with Crippen molar-refractivity contribution in [1.29, 1.82) is 0 Å². The molecule has 11 nitrogen and oxygen atoms in total. The number of carbonyl (C=O) groups excluding carboxylic acids is 3. The van der Waals surface area contributed by atoms with Gasteiger partial charge in [-0.05, 0) is 68.7 Å². The highest BCUT2D eigenvalue weighted by Crippen LogP contribution is 2.36. The number of benzene rings is 1. The summed E-state index contributed by atoms with van der Waals surface area (Å²) in [5, 5.41) is 17.4. The molecule has 0 bridgehead atoms. The van der Waals surface area contributed by atoms with Gasteiger partial charge in [0.2, 0.25) is 5.91 Å². The molecule has 6 rings (SSSR count). The molecule has 4 aliphatic rings. The van der Waals surface area contributed by atoms with Crippen molar-refractivity contribution in [3.8, 4) is 0 Å². The maximum absolute atomic E-state index is 12.9. The molecule has 1 aromatic heterocycles. The van der Waals surface area contributed by atoms with Crippen molar-refractivity contribution in [2.24, 2.45) is 0 Å². The van der Waals surface area contributed by atoms with E-state index in [-0.39, 0.29) is 29.9 Å². The molecule has 2 aliphatic carbocycles. The minimum Gasteiger partial charge on any atom is -0.377 e. The highest BCUT2D eigenvalue weighted by atomic mass is 32.2. The predicted molar refractivity (Wildman–Crippen MR) is 185 cm³/mol. The summed E-state index contributed by atoms with van der Waals surface area (Å²) in [7, 11) is 0. The first-order valence-corrected chi connectivity index (χ1v) is 18.9. The summed E-state index contributed by atoms with van der Waals surface area (Å²) in [4.78, 5) is 40.2. The number of aromatic nitrogens is 1. The van der Waals surface area contributed by atoms with Crippen molar-refractivity contribution < 1.29 is 23.9 Å². The second kappa shape index (κ2) is 17.0. The number of nitrogens with one attached hydrogen (secondary N) is 6. The molecule has 1 unspecified atom stereocenters. The van der Waals surface area contributed by atoms with Crippen LogP contribution in [-0.4, -0.2) is 91.5 Å². The van der Waals surface area contributed by atoms with Gasteiger partial charge in [-0.25, -0.2) is 4.79 Å². The Bertz CT molecular complexity index is 1360. The van der Waals surface area contributed by atoms with Gasteiger partial charge in [0.15, 0.2) is 0 Å². The lowest BCUT2D eigenvalue weighted by Crippen LogP contribution is -2.36. The molecule has 47 heavy (non-hydrogen) atoms. The SMILES string of the molecule is O=C(CCCC[C@H]1SC[C@H]2NC(=O)N[C@H]21)NCCOCCOCCNC(=O)c1ccc2[nH]c3c(c2c1)CCCC3NC1CCCCC1. The number of aromatic amines is 1. The molecule has 2 aliphatic heterocycles. The van der Waals surface area contributed by atoms with Crippen molar-refractivity contribution >= 4 is 40.5 Å². The number of thioether (sulfide) groups is 1. The molecule has 0 radical (unpaired) electrons. The summed E-state index contributed by atoms with van der Waals surface area (Å²) in [5.74, 6) is 0.915. The Hall–Kier alpha value is -2.80. The molecule has 2 saturated heterocycles. The van der Waals surface area contributed by atoms with Gasteiger partial charge in [-0.15, -0.1) is 0 Å². The number of fused-ring (bicyclic) bond motifs is 4. The van der Waals surface area contributed by atoms with Crippen LogP contribution in [0.4, 0.5) is 4.79 Å². The smallest absolute Gasteiger partial charge is 0.315 e. The summed E-state index contributed by atoms with van der Waals surface area (Å²) in [6.07, 6.45) is 13.3. The Balaban J connectivity index is 0.796. The Morgan fingerprint density at radius 2 is 1.72 bits per heavy atom. The number of aryl methyl sites for hydroxylation is 1. The van der Waals surface area contributed by atoms with Crippen molar-refractivity contribution in [3.63, 3.8) is 0 Å². The summed E-state index contributed by atoms with van der Waals surface area (Å²) in [6.45, 7) is 2.61. The monoisotopic (exact) mass is 668 g/mol. The van der Waals surface area contributed by atoms with E-state index >= 15 is 0 Å². The summed E-state index contributed by atoms with van der Waals surface area (Å²) < 4.78 is 11.2. The summed E-state index contributed by atoms with van der Waals surface area (Å²) in [5.41, 5.74) is 4.47. The van der Waals surface area contributed by atoms with Gasteiger partial charge in [-0.2, -0.15) is 11.8 Å². The van der Waals surface area contributed by atoms with Gasteiger partial charge in [-0.3, -0.25) is 9.59 Å². The van der Waals surface area contributed by atoms with E-state index in [0.29, 0.717) is 68.8 Å². The molecule has 1 saturated carbocycles. The van der Waals surface area contributed by atoms with Crippen molar-refractivity contribution in [1.82, 2.24) is 31.6 Å². The minimum atomic E-state index is -0.0872. The van der Waals surface area contributed by atoms with Crippen LogP contribution < -0.4 is 26.6 Å². The Morgan fingerprint density at radius 1 is 0.915 bits per heavy atom. The third-order valence-corrected chi connectivity index (χ3v) is 11.6. The van der Waals surface area contributed by atoms with Crippen molar-refractivity contribution in [2.45, 2.75) is 106 Å². The highest BCUT2D eigenvalue weighted by molar-refractivity contribution is 8.00. The fraction of sp³-hybridized carbons (Fsp3) is 0.686. The fourth-order valence-electron chi connectivity index (χ4n) is 7.61. The molecular formula is C35H52N6O5S. The normalized spacial score (nSPS) is 24.0. The van der Waals surface area contributed by atoms with Crippen LogP contribution in [0, 0.1) is 0 Å². The van der Waals surface area contributed by atoms with Crippen LogP contribution >= 0.6 is 11.8 Å². The molecule has 12 heteroatoms. The second-order valence-corrected chi connectivity index (χ2v) is 14.7. The zero-order valence-electron chi connectivity index (χ0n) is 27.5. The molecule has 2 aromatic rings. The molecule has 4 atom stereocenters. The average molecular weight is 669 g/mol. The predicted octanol–water partition coefficient (Wildman–Crippen LogP) is 4.07. The lowest BCUT2D eigenvalue weighted by Gasteiger charge is -2.31. The first kappa shape index (κ1) is 34.1.